The lowest BCUT2D eigenvalue weighted by Crippen LogP contribution is -2.20. The van der Waals surface area contributed by atoms with Gasteiger partial charge in [0.25, 0.3) is 0 Å². The first-order valence-electron chi connectivity index (χ1n) is 6.50. The van der Waals surface area contributed by atoms with Crippen LogP contribution < -0.4 is 15.8 Å². The third kappa shape index (κ3) is 4.06. The van der Waals surface area contributed by atoms with Crippen molar-refractivity contribution < 1.29 is 9.53 Å². The van der Waals surface area contributed by atoms with Gasteiger partial charge in [0.05, 0.1) is 12.8 Å². The Morgan fingerprint density at radius 2 is 2.21 bits per heavy atom. The standard InChI is InChI=1S/C14H20N2O2S/c1-18-13-3-2-11(15)9-12(13)16-14(17)8-10-4-6-19-7-5-10/h2-3,9-10H,4-8,15H2,1H3,(H,16,17). The van der Waals surface area contributed by atoms with Crippen molar-refractivity contribution in [1.82, 2.24) is 0 Å². The summed E-state index contributed by atoms with van der Waals surface area (Å²) in [6.07, 6.45) is 2.84. The number of hydrogen-bond donors (Lipinski definition) is 2. The van der Waals surface area contributed by atoms with E-state index in [1.807, 2.05) is 11.8 Å². The number of carbonyl (C=O) groups is 1. The summed E-state index contributed by atoms with van der Waals surface area (Å²) in [6.45, 7) is 0. The van der Waals surface area contributed by atoms with Crippen molar-refractivity contribution >= 4 is 29.0 Å². The van der Waals surface area contributed by atoms with Crippen LogP contribution in [-0.2, 0) is 4.79 Å². The number of carbonyl (C=O) groups excluding carboxylic acids is 1. The van der Waals surface area contributed by atoms with E-state index in [1.165, 1.54) is 11.5 Å². The van der Waals surface area contributed by atoms with E-state index in [1.54, 1.807) is 25.3 Å². The molecule has 0 radical (unpaired) electrons. The summed E-state index contributed by atoms with van der Waals surface area (Å²) >= 11 is 1.97. The van der Waals surface area contributed by atoms with Gasteiger partial charge in [-0.1, -0.05) is 0 Å². The molecule has 2 rings (SSSR count). The quantitative estimate of drug-likeness (QED) is 0.832. The highest BCUT2D eigenvalue weighted by molar-refractivity contribution is 7.99. The summed E-state index contributed by atoms with van der Waals surface area (Å²) in [5, 5.41) is 2.90. The second-order valence-corrected chi connectivity index (χ2v) is 5.99. The number of nitrogens with one attached hydrogen (secondary N) is 1. The van der Waals surface area contributed by atoms with Crippen molar-refractivity contribution in [2.24, 2.45) is 5.92 Å². The molecule has 0 spiro atoms. The van der Waals surface area contributed by atoms with Crippen LogP contribution in [0.25, 0.3) is 0 Å². The Kier molecular flexibility index (Phi) is 4.96. The number of thioether (sulfide) groups is 1. The molecule has 1 aliphatic rings. The predicted molar refractivity (Wildman–Crippen MR) is 80.7 cm³/mol. The summed E-state index contributed by atoms with van der Waals surface area (Å²) in [5.41, 5.74) is 7.00. The molecule has 19 heavy (non-hydrogen) atoms. The Labute approximate surface area is 118 Å². The molecule has 1 aromatic rings. The third-order valence-corrected chi connectivity index (χ3v) is 4.36. The fourth-order valence-corrected chi connectivity index (χ4v) is 3.44. The second-order valence-electron chi connectivity index (χ2n) is 4.77. The van der Waals surface area contributed by atoms with E-state index in [0.717, 1.165) is 12.8 Å². The molecule has 5 heteroatoms. The number of methoxy groups -OCH3 is 1. The van der Waals surface area contributed by atoms with Crippen molar-refractivity contribution in [1.29, 1.82) is 0 Å². The molecular formula is C14H20N2O2S. The molecule has 1 fully saturated rings. The topological polar surface area (TPSA) is 64.3 Å². The molecule has 1 aromatic carbocycles. The van der Waals surface area contributed by atoms with Crippen LogP contribution >= 0.6 is 11.8 Å². The maximum atomic E-state index is 12.0. The largest absolute Gasteiger partial charge is 0.495 e. The molecular weight excluding hydrogens is 260 g/mol. The zero-order chi connectivity index (χ0) is 13.7. The number of rotatable bonds is 4. The number of ether oxygens (including phenoxy) is 1. The summed E-state index contributed by atoms with van der Waals surface area (Å²) in [4.78, 5) is 12.0. The summed E-state index contributed by atoms with van der Waals surface area (Å²) in [6, 6.07) is 5.25. The van der Waals surface area contributed by atoms with Crippen LogP contribution in [0, 0.1) is 5.92 Å². The first-order valence-corrected chi connectivity index (χ1v) is 7.65. The van der Waals surface area contributed by atoms with Crippen LogP contribution in [0.3, 0.4) is 0 Å². The van der Waals surface area contributed by atoms with Crippen LogP contribution in [-0.4, -0.2) is 24.5 Å². The fourth-order valence-electron chi connectivity index (χ4n) is 2.24. The van der Waals surface area contributed by atoms with E-state index in [2.05, 4.69) is 5.32 Å². The van der Waals surface area contributed by atoms with Gasteiger partial charge in [0.2, 0.25) is 5.91 Å². The molecule has 4 nitrogen and oxygen atoms in total. The van der Waals surface area contributed by atoms with Crippen molar-refractivity contribution in [2.45, 2.75) is 19.3 Å². The molecule has 3 N–H and O–H groups in total. The molecule has 1 heterocycles. The van der Waals surface area contributed by atoms with Crippen molar-refractivity contribution in [3.8, 4) is 5.75 Å². The van der Waals surface area contributed by atoms with Gasteiger partial charge in [0.15, 0.2) is 0 Å². The predicted octanol–water partition coefficient (Wildman–Crippen LogP) is 2.75. The minimum Gasteiger partial charge on any atom is -0.495 e. The minimum absolute atomic E-state index is 0.0424. The highest BCUT2D eigenvalue weighted by atomic mass is 32.2. The molecule has 1 amide bonds. The molecule has 0 saturated carbocycles. The number of benzene rings is 1. The van der Waals surface area contributed by atoms with Gasteiger partial charge >= 0.3 is 0 Å². The van der Waals surface area contributed by atoms with Gasteiger partial charge in [-0.2, -0.15) is 11.8 Å². The molecule has 104 valence electrons. The van der Waals surface area contributed by atoms with Crippen molar-refractivity contribution in [3.63, 3.8) is 0 Å². The highest BCUT2D eigenvalue weighted by Crippen LogP contribution is 2.29. The SMILES string of the molecule is COc1ccc(N)cc1NC(=O)CC1CCSCC1. The smallest absolute Gasteiger partial charge is 0.224 e. The van der Waals surface area contributed by atoms with Gasteiger partial charge < -0.3 is 15.8 Å². The maximum absolute atomic E-state index is 12.0. The highest BCUT2D eigenvalue weighted by Gasteiger charge is 2.18. The number of nitrogen functional groups attached to an aromatic ring is 1. The lowest BCUT2D eigenvalue weighted by atomic mass is 9.98. The Morgan fingerprint density at radius 1 is 1.47 bits per heavy atom. The molecule has 0 bridgehead atoms. The van der Waals surface area contributed by atoms with Crippen LogP contribution in [0.2, 0.25) is 0 Å². The Morgan fingerprint density at radius 3 is 2.89 bits per heavy atom. The van der Waals surface area contributed by atoms with Gasteiger partial charge in [-0.05, 0) is 48.5 Å². The number of amides is 1. The normalized spacial score (nSPS) is 16.1. The van der Waals surface area contributed by atoms with E-state index in [9.17, 15) is 4.79 Å². The number of hydrogen-bond acceptors (Lipinski definition) is 4. The average Bonchev–Trinajstić information content (AvgIpc) is 2.40. The van der Waals surface area contributed by atoms with E-state index in [4.69, 9.17) is 10.5 Å². The minimum atomic E-state index is 0.0424. The van der Waals surface area contributed by atoms with E-state index in [-0.39, 0.29) is 5.91 Å². The van der Waals surface area contributed by atoms with Crippen LogP contribution in [0.4, 0.5) is 11.4 Å². The van der Waals surface area contributed by atoms with Crippen molar-refractivity contribution in [3.05, 3.63) is 18.2 Å². The molecule has 1 aliphatic heterocycles. The van der Waals surface area contributed by atoms with E-state index >= 15 is 0 Å². The molecule has 0 unspecified atom stereocenters. The molecule has 0 aliphatic carbocycles. The molecule has 0 aromatic heterocycles. The third-order valence-electron chi connectivity index (χ3n) is 3.31. The fraction of sp³-hybridized carbons (Fsp3) is 0.500. The lowest BCUT2D eigenvalue weighted by molar-refractivity contribution is -0.117. The first-order chi connectivity index (χ1) is 9.19. The maximum Gasteiger partial charge on any atom is 0.224 e. The Bertz CT molecular complexity index is 445. The summed E-state index contributed by atoms with van der Waals surface area (Å²) < 4.78 is 5.22. The van der Waals surface area contributed by atoms with E-state index in [0.29, 0.717) is 29.5 Å². The monoisotopic (exact) mass is 280 g/mol. The average molecular weight is 280 g/mol. The number of nitrogens with two attached hydrogens (primary N) is 1. The van der Waals surface area contributed by atoms with Gasteiger partial charge in [-0.25, -0.2) is 0 Å². The van der Waals surface area contributed by atoms with E-state index < -0.39 is 0 Å². The van der Waals surface area contributed by atoms with Gasteiger partial charge in [-0.15, -0.1) is 0 Å². The number of anilines is 2. The Balaban J connectivity index is 1.95. The molecule has 0 atom stereocenters. The van der Waals surface area contributed by atoms with Gasteiger partial charge in [0.1, 0.15) is 5.75 Å². The summed E-state index contributed by atoms with van der Waals surface area (Å²) in [5.74, 6) is 3.52. The zero-order valence-electron chi connectivity index (χ0n) is 11.1. The zero-order valence-corrected chi connectivity index (χ0v) is 12.0. The Hall–Kier alpha value is -1.36. The first kappa shape index (κ1) is 14.1. The van der Waals surface area contributed by atoms with Gasteiger partial charge in [-0.3, -0.25) is 4.79 Å². The lowest BCUT2D eigenvalue weighted by Gasteiger charge is -2.21. The van der Waals surface area contributed by atoms with Crippen LogP contribution in [0.5, 0.6) is 5.75 Å². The van der Waals surface area contributed by atoms with Crippen LogP contribution in [0.1, 0.15) is 19.3 Å². The summed E-state index contributed by atoms with van der Waals surface area (Å²) in [7, 11) is 1.58. The van der Waals surface area contributed by atoms with Gasteiger partial charge in [0, 0.05) is 12.1 Å². The van der Waals surface area contributed by atoms with Crippen LogP contribution in [0.15, 0.2) is 18.2 Å². The van der Waals surface area contributed by atoms with Crippen molar-refractivity contribution in [2.75, 3.05) is 29.7 Å². The molecule has 1 saturated heterocycles. The second kappa shape index (κ2) is 6.70.